The van der Waals surface area contributed by atoms with E-state index in [-0.39, 0.29) is 10.7 Å². The van der Waals surface area contributed by atoms with Gasteiger partial charge in [-0.25, -0.2) is 8.42 Å². The number of aromatic nitrogens is 2. The SMILES string of the molecule is COc1ccc(S(=O)(=O)Nc2cc(-c3ccccc3)[nH]n2)cc1OC. The van der Waals surface area contributed by atoms with Crippen LogP contribution in [0.1, 0.15) is 0 Å². The maximum Gasteiger partial charge on any atom is 0.263 e. The Bertz CT molecular complexity index is 969. The number of hydrogen-bond acceptors (Lipinski definition) is 5. The van der Waals surface area contributed by atoms with Crippen LogP contribution in [0.5, 0.6) is 11.5 Å². The largest absolute Gasteiger partial charge is 0.493 e. The van der Waals surface area contributed by atoms with Crippen LogP contribution in [0.4, 0.5) is 5.82 Å². The molecule has 3 rings (SSSR count). The van der Waals surface area contributed by atoms with E-state index in [1.807, 2.05) is 30.3 Å². The van der Waals surface area contributed by atoms with E-state index in [1.54, 1.807) is 6.07 Å². The fraction of sp³-hybridized carbons (Fsp3) is 0.118. The summed E-state index contributed by atoms with van der Waals surface area (Å²) in [5.41, 5.74) is 1.62. The zero-order chi connectivity index (χ0) is 17.9. The molecule has 1 aromatic heterocycles. The maximum absolute atomic E-state index is 12.6. The predicted molar refractivity (Wildman–Crippen MR) is 94.4 cm³/mol. The van der Waals surface area contributed by atoms with Gasteiger partial charge >= 0.3 is 0 Å². The van der Waals surface area contributed by atoms with Crippen molar-refractivity contribution in [2.45, 2.75) is 4.90 Å². The lowest BCUT2D eigenvalue weighted by Gasteiger charge is -2.10. The van der Waals surface area contributed by atoms with Crippen LogP contribution >= 0.6 is 0 Å². The van der Waals surface area contributed by atoms with Gasteiger partial charge < -0.3 is 9.47 Å². The molecule has 2 N–H and O–H groups in total. The Kier molecular flexibility index (Phi) is 4.62. The standard InChI is InChI=1S/C17H17N3O4S/c1-23-15-9-8-13(10-16(15)24-2)25(21,22)20-17-11-14(18-19-17)12-6-4-3-5-7-12/h3-11H,1-2H3,(H2,18,19,20). The summed E-state index contributed by atoms with van der Waals surface area (Å²) in [5.74, 6) is 0.985. The third kappa shape index (κ3) is 3.58. The van der Waals surface area contributed by atoms with Gasteiger partial charge in [-0.2, -0.15) is 5.10 Å². The normalized spacial score (nSPS) is 11.1. The van der Waals surface area contributed by atoms with E-state index in [0.29, 0.717) is 17.2 Å². The third-order valence-electron chi connectivity index (χ3n) is 3.57. The highest BCUT2D eigenvalue weighted by atomic mass is 32.2. The second-order valence-electron chi connectivity index (χ2n) is 5.16. The van der Waals surface area contributed by atoms with Crippen LogP contribution in [-0.2, 0) is 10.0 Å². The summed E-state index contributed by atoms with van der Waals surface area (Å²) in [6.45, 7) is 0. The highest BCUT2D eigenvalue weighted by molar-refractivity contribution is 7.92. The van der Waals surface area contributed by atoms with Crippen molar-refractivity contribution in [3.05, 3.63) is 54.6 Å². The molecule has 0 spiro atoms. The van der Waals surface area contributed by atoms with Crippen molar-refractivity contribution in [1.82, 2.24) is 10.2 Å². The number of sulfonamides is 1. The molecule has 0 unspecified atom stereocenters. The Hall–Kier alpha value is -3.00. The molecular weight excluding hydrogens is 342 g/mol. The predicted octanol–water partition coefficient (Wildman–Crippen LogP) is 2.89. The first kappa shape index (κ1) is 16.8. The minimum Gasteiger partial charge on any atom is -0.493 e. The molecule has 25 heavy (non-hydrogen) atoms. The smallest absolute Gasteiger partial charge is 0.263 e. The number of nitrogens with one attached hydrogen (secondary N) is 2. The molecule has 8 heteroatoms. The summed E-state index contributed by atoms with van der Waals surface area (Å²) in [7, 11) is -0.877. The molecule has 0 aliphatic carbocycles. The van der Waals surface area contributed by atoms with Gasteiger partial charge in [-0.1, -0.05) is 30.3 Å². The number of anilines is 1. The molecule has 3 aromatic rings. The zero-order valence-electron chi connectivity index (χ0n) is 13.7. The molecule has 0 bridgehead atoms. The number of ether oxygens (including phenoxy) is 2. The van der Waals surface area contributed by atoms with Gasteiger partial charge in [0.2, 0.25) is 0 Å². The molecule has 130 valence electrons. The third-order valence-corrected chi connectivity index (χ3v) is 4.92. The first-order chi connectivity index (χ1) is 12.0. The van der Waals surface area contributed by atoms with Gasteiger partial charge in [0.25, 0.3) is 10.0 Å². The minimum atomic E-state index is -3.81. The van der Waals surface area contributed by atoms with E-state index < -0.39 is 10.0 Å². The van der Waals surface area contributed by atoms with Crippen molar-refractivity contribution < 1.29 is 17.9 Å². The molecule has 0 saturated heterocycles. The van der Waals surface area contributed by atoms with Crippen molar-refractivity contribution in [2.75, 3.05) is 18.9 Å². The first-order valence-corrected chi connectivity index (χ1v) is 8.87. The average molecular weight is 359 g/mol. The molecule has 2 aromatic carbocycles. The molecule has 0 aliphatic rings. The molecule has 0 atom stereocenters. The Morgan fingerprint density at radius 2 is 1.68 bits per heavy atom. The summed E-state index contributed by atoms with van der Waals surface area (Å²) in [4.78, 5) is 0.0504. The van der Waals surface area contributed by atoms with Crippen molar-refractivity contribution in [3.8, 4) is 22.8 Å². The van der Waals surface area contributed by atoms with Gasteiger partial charge in [-0.15, -0.1) is 0 Å². The van der Waals surface area contributed by atoms with Crippen LogP contribution in [-0.4, -0.2) is 32.8 Å². The minimum absolute atomic E-state index is 0.0504. The number of H-pyrrole nitrogens is 1. The van der Waals surface area contributed by atoms with E-state index in [1.165, 1.54) is 32.4 Å². The summed E-state index contributed by atoms with van der Waals surface area (Å²) in [6, 6.07) is 15.5. The maximum atomic E-state index is 12.6. The van der Waals surface area contributed by atoms with Crippen LogP contribution in [0.2, 0.25) is 0 Å². The van der Waals surface area contributed by atoms with E-state index in [2.05, 4.69) is 14.9 Å². The fourth-order valence-electron chi connectivity index (χ4n) is 2.32. The summed E-state index contributed by atoms with van der Waals surface area (Å²) in [5, 5.41) is 6.82. The molecule has 0 fully saturated rings. The Balaban J connectivity index is 1.86. The number of methoxy groups -OCH3 is 2. The lowest BCUT2D eigenvalue weighted by Crippen LogP contribution is -2.13. The van der Waals surface area contributed by atoms with Crippen LogP contribution < -0.4 is 14.2 Å². The van der Waals surface area contributed by atoms with Crippen LogP contribution in [0.15, 0.2) is 59.5 Å². The van der Waals surface area contributed by atoms with E-state index in [9.17, 15) is 8.42 Å². The second kappa shape index (κ2) is 6.86. The molecule has 0 aliphatic heterocycles. The van der Waals surface area contributed by atoms with Crippen molar-refractivity contribution >= 4 is 15.8 Å². The Morgan fingerprint density at radius 1 is 0.960 bits per heavy atom. The van der Waals surface area contributed by atoms with Crippen molar-refractivity contribution in [1.29, 1.82) is 0 Å². The zero-order valence-corrected chi connectivity index (χ0v) is 14.5. The monoisotopic (exact) mass is 359 g/mol. The number of benzene rings is 2. The molecule has 7 nitrogen and oxygen atoms in total. The highest BCUT2D eigenvalue weighted by Gasteiger charge is 2.18. The van der Waals surface area contributed by atoms with Crippen molar-refractivity contribution in [2.24, 2.45) is 0 Å². The highest BCUT2D eigenvalue weighted by Crippen LogP contribution is 2.30. The Morgan fingerprint density at radius 3 is 2.36 bits per heavy atom. The van der Waals surface area contributed by atoms with E-state index >= 15 is 0 Å². The second-order valence-corrected chi connectivity index (χ2v) is 6.84. The molecule has 0 radical (unpaired) electrons. The van der Waals surface area contributed by atoms with Gasteiger partial charge in [0.15, 0.2) is 17.3 Å². The lowest BCUT2D eigenvalue weighted by atomic mass is 10.2. The molecule has 0 amide bonds. The number of nitrogens with zero attached hydrogens (tertiary/aromatic N) is 1. The lowest BCUT2D eigenvalue weighted by molar-refractivity contribution is 0.354. The summed E-state index contributed by atoms with van der Waals surface area (Å²) >= 11 is 0. The van der Waals surface area contributed by atoms with Gasteiger partial charge in [0.05, 0.1) is 24.8 Å². The van der Waals surface area contributed by atoms with Gasteiger partial charge in [-0.05, 0) is 17.7 Å². The van der Waals surface area contributed by atoms with Crippen LogP contribution in [0, 0.1) is 0 Å². The van der Waals surface area contributed by atoms with Gasteiger partial charge in [0.1, 0.15) is 0 Å². The van der Waals surface area contributed by atoms with E-state index in [4.69, 9.17) is 9.47 Å². The average Bonchev–Trinajstić information content (AvgIpc) is 3.09. The van der Waals surface area contributed by atoms with Crippen LogP contribution in [0.25, 0.3) is 11.3 Å². The summed E-state index contributed by atoms with van der Waals surface area (Å²) in [6.07, 6.45) is 0. The molecule has 0 saturated carbocycles. The molecular formula is C17H17N3O4S. The van der Waals surface area contributed by atoms with Crippen molar-refractivity contribution in [3.63, 3.8) is 0 Å². The van der Waals surface area contributed by atoms with Crippen LogP contribution in [0.3, 0.4) is 0 Å². The number of hydrogen-bond donors (Lipinski definition) is 2. The summed E-state index contributed by atoms with van der Waals surface area (Å²) < 4.78 is 37.8. The fourth-order valence-corrected chi connectivity index (χ4v) is 3.33. The topological polar surface area (TPSA) is 93.3 Å². The Labute approximate surface area is 145 Å². The number of aromatic amines is 1. The number of rotatable bonds is 6. The first-order valence-electron chi connectivity index (χ1n) is 7.39. The van der Waals surface area contributed by atoms with Gasteiger partial charge in [-0.3, -0.25) is 9.82 Å². The van der Waals surface area contributed by atoms with E-state index in [0.717, 1.165) is 5.56 Å². The van der Waals surface area contributed by atoms with Gasteiger partial charge in [0, 0.05) is 12.1 Å². The quantitative estimate of drug-likeness (QED) is 0.706. The molecule has 1 heterocycles.